The highest BCUT2D eigenvalue weighted by Crippen LogP contribution is 2.32. The van der Waals surface area contributed by atoms with Crippen molar-refractivity contribution in [3.8, 4) is 5.75 Å². The van der Waals surface area contributed by atoms with Crippen molar-refractivity contribution in [3.63, 3.8) is 0 Å². The SMILES string of the molecule is COc1ccc(Cl)cc1NC(=O)c1oc2c(c1C)/C(=N/NC(=O)c1ccccc1Cl)CCC2. The molecule has 1 aromatic heterocycles. The van der Waals surface area contributed by atoms with E-state index in [2.05, 4.69) is 15.8 Å². The zero-order chi connectivity index (χ0) is 23.5. The second-order valence-corrected chi connectivity index (χ2v) is 8.33. The maximum atomic E-state index is 13.0. The lowest BCUT2D eigenvalue weighted by Crippen LogP contribution is -2.22. The first-order valence-corrected chi connectivity index (χ1v) is 11.0. The van der Waals surface area contributed by atoms with Crippen molar-refractivity contribution in [1.82, 2.24) is 5.43 Å². The summed E-state index contributed by atoms with van der Waals surface area (Å²) in [5.41, 5.74) is 5.37. The number of hydrazone groups is 1. The molecular formula is C24H21Cl2N3O4. The maximum absolute atomic E-state index is 13.0. The predicted octanol–water partition coefficient (Wildman–Crippen LogP) is 5.63. The van der Waals surface area contributed by atoms with E-state index < -0.39 is 11.8 Å². The minimum Gasteiger partial charge on any atom is -0.495 e. The topological polar surface area (TPSA) is 92.9 Å². The highest BCUT2D eigenvalue weighted by atomic mass is 35.5. The van der Waals surface area contributed by atoms with Crippen LogP contribution >= 0.6 is 23.2 Å². The lowest BCUT2D eigenvalue weighted by molar-refractivity contribution is 0.0953. The third-order valence-electron chi connectivity index (χ3n) is 5.35. The van der Waals surface area contributed by atoms with E-state index in [9.17, 15) is 9.59 Å². The van der Waals surface area contributed by atoms with Gasteiger partial charge in [-0.25, -0.2) is 5.43 Å². The molecule has 3 aromatic rings. The van der Waals surface area contributed by atoms with Gasteiger partial charge in [0.1, 0.15) is 11.5 Å². The molecule has 7 nitrogen and oxygen atoms in total. The van der Waals surface area contributed by atoms with Crippen LogP contribution in [0.5, 0.6) is 5.75 Å². The van der Waals surface area contributed by atoms with E-state index in [4.69, 9.17) is 32.4 Å². The summed E-state index contributed by atoms with van der Waals surface area (Å²) < 4.78 is 11.2. The van der Waals surface area contributed by atoms with Gasteiger partial charge in [0.05, 0.1) is 29.1 Å². The highest BCUT2D eigenvalue weighted by molar-refractivity contribution is 6.33. The van der Waals surface area contributed by atoms with Gasteiger partial charge in [0.15, 0.2) is 5.76 Å². The molecule has 0 unspecified atom stereocenters. The van der Waals surface area contributed by atoms with Crippen LogP contribution in [0.25, 0.3) is 0 Å². The van der Waals surface area contributed by atoms with Crippen LogP contribution < -0.4 is 15.5 Å². The van der Waals surface area contributed by atoms with Crippen LogP contribution in [0.4, 0.5) is 5.69 Å². The molecule has 2 amide bonds. The van der Waals surface area contributed by atoms with E-state index >= 15 is 0 Å². The summed E-state index contributed by atoms with van der Waals surface area (Å²) in [5, 5.41) is 7.93. The first-order chi connectivity index (χ1) is 15.9. The van der Waals surface area contributed by atoms with Crippen molar-refractivity contribution in [2.75, 3.05) is 12.4 Å². The van der Waals surface area contributed by atoms with E-state index in [0.29, 0.717) is 56.9 Å². The first kappa shape index (κ1) is 22.9. The molecule has 1 aliphatic carbocycles. The van der Waals surface area contributed by atoms with Gasteiger partial charge < -0.3 is 14.5 Å². The number of carbonyl (C=O) groups is 2. The number of hydrogen-bond acceptors (Lipinski definition) is 5. The van der Waals surface area contributed by atoms with Crippen LogP contribution in [0.15, 0.2) is 52.0 Å². The number of fused-ring (bicyclic) bond motifs is 1. The van der Waals surface area contributed by atoms with Crippen molar-refractivity contribution in [1.29, 1.82) is 0 Å². The molecule has 0 saturated heterocycles. The number of methoxy groups -OCH3 is 1. The van der Waals surface area contributed by atoms with Crippen molar-refractivity contribution in [3.05, 3.63) is 80.7 Å². The normalized spacial score (nSPS) is 14.0. The van der Waals surface area contributed by atoms with E-state index in [1.54, 1.807) is 49.4 Å². The van der Waals surface area contributed by atoms with E-state index in [1.807, 2.05) is 0 Å². The number of aryl methyl sites for hydroxylation is 1. The molecule has 0 radical (unpaired) electrons. The molecule has 0 bridgehead atoms. The lowest BCUT2D eigenvalue weighted by Gasteiger charge is -2.13. The van der Waals surface area contributed by atoms with Crippen molar-refractivity contribution < 1.29 is 18.7 Å². The van der Waals surface area contributed by atoms with Gasteiger partial charge in [0.25, 0.3) is 11.8 Å². The molecule has 0 aliphatic heterocycles. The van der Waals surface area contributed by atoms with Crippen LogP contribution in [-0.2, 0) is 6.42 Å². The molecule has 0 saturated carbocycles. The van der Waals surface area contributed by atoms with Crippen LogP contribution in [0, 0.1) is 6.92 Å². The van der Waals surface area contributed by atoms with Crippen LogP contribution in [-0.4, -0.2) is 24.6 Å². The van der Waals surface area contributed by atoms with Gasteiger partial charge >= 0.3 is 0 Å². The van der Waals surface area contributed by atoms with Crippen molar-refractivity contribution >= 4 is 46.4 Å². The fourth-order valence-corrected chi connectivity index (χ4v) is 4.17. The van der Waals surface area contributed by atoms with Crippen molar-refractivity contribution in [2.24, 2.45) is 5.10 Å². The Bertz CT molecular complexity index is 1270. The molecule has 1 aliphatic rings. The lowest BCUT2D eigenvalue weighted by atomic mass is 9.93. The smallest absolute Gasteiger partial charge is 0.291 e. The van der Waals surface area contributed by atoms with Crippen LogP contribution in [0.3, 0.4) is 0 Å². The Morgan fingerprint density at radius 3 is 2.64 bits per heavy atom. The fourth-order valence-electron chi connectivity index (χ4n) is 3.78. The number of nitrogens with zero attached hydrogens (tertiary/aromatic N) is 1. The van der Waals surface area contributed by atoms with E-state index in [1.165, 1.54) is 7.11 Å². The Balaban J connectivity index is 1.59. The Morgan fingerprint density at radius 1 is 1.09 bits per heavy atom. The minimum absolute atomic E-state index is 0.175. The number of rotatable bonds is 5. The largest absolute Gasteiger partial charge is 0.495 e. The Morgan fingerprint density at radius 2 is 1.88 bits per heavy atom. The summed E-state index contributed by atoms with van der Waals surface area (Å²) in [7, 11) is 1.51. The number of furan rings is 1. The van der Waals surface area contributed by atoms with Crippen LogP contribution in [0.2, 0.25) is 10.0 Å². The second kappa shape index (κ2) is 9.68. The van der Waals surface area contributed by atoms with Crippen LogP contribution in [0.1, 0.15) is 50.6 Å². The summed E-state index contributed by atoms with van der Waals surface area (Å²) >= 11 is 12.2. The number of anilines is 1. The quantitative estimate of drug-likeness (QED) is 0.458. The molecule has 2 aromatic carbocycles. The zero-order valence-electron chi connectivity index (χ0n) is 18.0. The van der Waals surface area contributed by atoms with Gasteiger partial charge in [-0.1, -0.05) is 35.3 Å². The summed E-state index contributed by atoms with van der Waals surface area (Å²) in [6.45, 7) is 1.79. The molecule has 0 spiro atoms. The molecule has 170 valence electrons. The number of hydrogen-bond donors (Lipinski definition) is 2. The number of nitrogens with one attached hydrogen (secondary N) is 2. The molecule has 0 atom stereocenters. The summed E-state index contributed by atoms with van der Waals surface area (Å²) in [6.07, 6.45) is 2.09. The van der Waals surface area contributed by atoms with Gasteiger partial charge in [-0.15, -0.1) is 0 Å². The maximum Gasteiger partial charge on any atom is 0.291 e. The molecule has 33 heavy (non-hydrogen) atoms. The summed E-state index contributed by atoms with van der Waals surface area (Å²) in [4.78, 5) is 25.5. The predicted molar refractivity (Wildman–Crippen MR) is 128 cm³/mol. The monoisotopic (exact) mass is 485 g/mol. The third kappa shape index (κ3) is 4.74. The molecule has 9 heteroatoms. The number of ether oxygens (including phenoxy) is 1. The molecule has 4 rings (SSSR count). The standard InChI is InChI=1S/C24H21Cl2N3O4/c1-13-21-17(28-29-23(30)15-6-3-4-7-16(15)26)8-5-9-20(21)33-22(13)24(31)27-18-12-14(25)10-11-19(18)32-2/h3-4,6-7,10-12H,5,8-9H2,1-2H3,(H,27,31)(H,29,30)/b28-17+. The minimum atomic E-state index is -0.429. The first-order valence-electron chi connectivity index (χ1n) is 10.3. The average Bonchev–Trinajstić information content (AvgIpc) is 3.15. The van der Waals surface area contributed by atoms with Crippen molar-refractivity contribution in [2.45, 2.75) is 26.2 Å². The second-order valence-electron chi connectivity index (χ2n) is 7.49. The Hall–Kier alpha value is -3.29. The zero-order valence-corrected chi connectivity index (χ0v) is 19.5. The number of halogens is 2. The Kier molecular flexibility index (Phi) is 6.72. The summed E-state index contributed by atoms with van der Waals surface area (Å²) in [6, 6.07) is 11.7. The average molecular weight is 486 g/mol. The molecular weight excluding hydrogens is 465 g/mol. The highest BCUT2D eigenvalue weighted by Gasteiger charge is 2.28. The fraction of sp³-hybridized carbons (Fsp3) is 0.208. The van der Waals surface area contributed by atoms with Gasteiger partial charge in [0.2, 0.25) is 0 Å². The molecule has 1 heterocycles. The van der Waals surface area contributed by atoms with Gasteiger partial charge in [0, 0.05) is 22.6 Å². The number of benzene rings is 2. The number of amides is 2. The van der Waals surface area contributed by atoms with Gasteiger partial charge in [-0.05, 0) is 50.1 Å². The third-order valence-corrected chi connectivity index (χ3v) is 5.92. The van der Waals surface area contributed by atoms with E-state index in [0.717, 1.165) is 12.0 Å². The van der Waals surface area contributed by atoms with E-state index in [-0.39, 0.29) is 5.76 Å². The molecule has 0 fully saturated rings. The van der Waals surface area contributed by atoms with Gasteiger partial charge in [-0.3, -0.25) is 9.59 Å². The number of carbonyl (C=O) groups excluding carboxylic acids is 2. The summed E-state index contributed by atoms with van der Waals surface area (Å²) in [5.74, 6) is 0.474. The van der Waals surface area contributed by atoms with Gasteiger partial charge in [-0.2, -0.15) is 5.10 Å². The molecule has 2 N–H and O–H groups in total. The Labute approximate surface area is 200 Å².